The predicted molar refractivity (Wildman–Crippen MR) is 200 cm³/mol. The molecule has 0 N–H and O–H groups in total. The minimum atomic E-state index is -0.424. The highest BCUT2D eigenvalue weighted by molar-refractivity contribution is 5.47. The molecule has 6 rings (SSSR count). The van der Waals surface area contributed by atoms with Gasteiger partial charge in [-0.05, 0) is 115 Å². The number of rotatable bonds is 15. The number of nitrogens with zero attached hydrogens (tertiary/aromatic N) is 2. The van der Waals surface area contributed by atoms with Gasteiger partial charge in [0.2, 0.25) is 0 Å². The van der Waals surface area contributed by atoms with Crippen molar-refractivity contribution in [2.24, 2.45) is 0 Å². The van der Waals surface area contributed by atoms with E-state index in [-0.39, 0.29) is 16.8 Å². The van der Waals surface area contributed by atoms with Crippen LogP contribution in [-0.4, -0.2) is 9.85 Å². The molecule has 0 heterocycles. The fourth-order valence-corrected chi connectivity index (χ4v) is 7.31. The van der Waals surface area contributed by atoms with E-state index in [1.54, 1.807) is 24.3 Å². The van der Waals surface area contributed by atoms with E-state index in [4.69, 9.17) is 9.47 Å². The van der Waals surface area contributed by atoms with E-state index in [0.717, 1.165) is 32.1 Å². The van der Waals surface area contributed by atoms with Crippen molar-refractivity contribution < 1.29 is 19.3 Å². The number of unbranched alkanes of at least 4 members (excludes halogenated alkanes) is 4. The zero-order valence-corrected chi connectivity index (χ0v) is 29.0. The monoisotopic (exact) mass is 684 g/mol. The molecule has 0 saturated heterocycles. The Morgan fingerprint density at radius 3 is 1.39 bits per heavy atom. The molecule has 0 radical (unpaired) electrons. The van der Waals surface area contributed by atoms with Gasteiger partial charge >= 0.3 is 0 Å². The molecule has 0 aromatic heterocycles. The molecule has 1 fully saturated rings. The highest BCUT2D eigenvalue weighted by atomic mass is 16.6. The largest absolute Gasteiger partial charge is 0.457 e. The van der Waals surface area contributed by atoms with Gasteiger partial charge in [-0.15, -0.1) is 0 Å². The maximum absolute atomic E-state index is 11.1. The Labute approximate surface area is 299 Å². The van der Waals surface area contributed by atoms with E-state index in [2.05, 4.69) is 55.5 Å². The molecule has 1 aliphatic carbocycles. The van der Waals surface area contributed by atoms with Crippen molar-refractivity contribution in [2.75, 3.05) is 0 Å². The molecule has 8 nitrogen and oxygen atoms in total. The number of benzene rings is 5. The first-order valence-electron chi connectivity index (χ1n) is 18.0. The highest BCUT2D eigenvalue weighted by Crippen LogP contribution is 2.49. The molecule has 1 aliphatic rings. The molecule has 1 saturated carbocycles. The van der Waals surface area contributed by atoms with Gasteiger partial charge in [0.15, 0.2) is 0 Å². The summed E-state index contributed by atoms with van der Waals surface area (Å²) in [5.74, 6) is 2.89. The van der Waals surface area contributed by atoms with Gasteiger partial charge in [-0.1, -0.05) is 81.1 Å². The summed E-state index contributed by atoms with van der Waals surface area (Å²) in [5.41, 5.74) is 5.08. The average molecular weight is 685 g/mol. The van der Waals surface area contributed by atoms with E-state index < -0.39 is 9.85 Å². The molecule has 0 atom stereocenters. The Kier molecular flexibility index (Phi) is 11.4. The second kappa shape index (κ2) is 16.5. The molecule has 5 aromatic rings. The summed E-state index contributed by atoms with van der Waals surface area (Å²) in [6.45, 7) is 2.25. The van der Waals surface area contributed by atoms with Crippen molar-refractivity contribution >= 4 is 11.4 Å². The molecule has 8 heteroatoms. The maximum Gasteiger partial charge on any atom is 0.269 e. The topological polar surface area (TPSA) is 105 Å². The summed E-state index contributed by atoms with van der Waals surface area (Å²) in [6, 6.07) is 37.9. The third kappa shape index (κ3) is 8.81. The lowest BCUT2D eigenvalue weighted by molar-refractivity contribution is -0.385. The predicted octanol–water partition coefficient (Wildman–Crippen LogP) is 12.2. The zero-order chi connectivity index (χ0) is 35.6. The number of non-ortho nitro benzene ring substituents is 2. The van der Waals surface area contributed by atoms with Crippen molar-refractivity contribution in [3.63, 3.8) is 0 Å². The number of ether oxygens (including phenoxy) is 2. The molecular formula is C43H44N2O6. The summed E-state index contributed by atoms with van der Waals surface area (Å²) in [5, 5.41) is 22.1. The van der Waals surface area contributed by atoms with Gasteiger partial charge in [-0.2, -0.15) is 0 Å². The molecule has 0 amide bonds. The standard InChI is InChI=1S/C43H44N2O6/c1-2-3-4-5-6-7-32-8-10-33(11-9-32)34-28-30-43(31-29-34,35-12-20-39(21-13-35)50-41-24-16-37(17-25-41)44(46)47)36-14-22-40(23-15-36)51-42-26-18-38(19-27-42)45(48)49/h8-27,34H,2-7,28-31H2,1H3. The van der Waals surface area contributed by atoms with Crippen molar-refractivity contribution in [3.05, 3.63) is 164 Å². The number of aryl methyl sites for hydroxylation is 1. The Morgan fingerprint density at radius 2 is 0.980 bits per heavy atom. The maximum atomic E-state index is 11.1. The molecule has 51 heavy (non-hydrogen) atoms. The van der Waals surface area contributed by atoms with Crippen molar-refractivity contribution in [1.29, 1.82) is 0 Å². The number of nitro benzene ring substituents is 2. The zero-order valence-electron chi connectivity index (χ0n) is 29.0. The van der Waals surface area contributed by atoms with Crippen LogP contribution in [0.1, 0.15) is 92.9 Å². The van der Waals surface area contributed by atoms with Crippen LogP contribution in [0.25, 0.3) is 0 Å². The quantitative estimate of drug-likeness (QED) is 0.0617. The van der Waals surface area contributed by atoms with E-state index in [9.17, 15) is 20.2 Å². The van der Waals surface area contributed by atoms with E-state index in [1.165, 1.54) is 78.6 Å². The fraction of sp³-hybridized carbons (Fsp3) is 0.302. The molecule has 0 unspecified atom stereocenters. The Bertz CT molecular complexity index is 1770. The first-order chi connectivity index (χ1) is 24.8. The van der Waals surface area contributed by atoms with Crippen molar-refractivity contribution in [2.45, 2.75) is 82.5 Å². The molecule has 0 spiro atoms. The summed E-state index contributed by atoms with van der Waals surface area (Å²) in [4.78, 5) is 21.3. The van der Waals surface area contributed by atoms with E-state index >= 15 is 0 Å². The number of hydrogen-bond acceptors (Lipinski definition) is 6. The fourth-order valence-electron chi connectivity index (χ4n) is 7.31. The van der Waals surface area contributed by atoms with Crippen LogP contribution in [0, 0.1) is 20.2 Å². The second-order valence-corrected chi connectivity index (χ2v) is 13.5. The summed E-state index contributed by atoms with van der Waals surface area (Å²) >= 11 is 0. The van der Waals surface area contributed by atoms with Gasteiger partial charge in [-0.25, -0.2) is 0 Å². The second-order valence-electron chi connectivity index (χ2n) is 13.5. The Hall–Kier alpha value is -5.50. The smallest absolute Gasteiger partial charge is 0.269 e. The van der Waals surface area contributed by atoms with Crippen molar-refractivity contribution in [3.8, 4) is 23.0 Å². The molecule has 0 aliphatic heterocycles. The Morgan fingerprint density at radius 1 is 0.569 bits per heavy atom. The van der Waals surface area contributed by atoms with Gasteiger partial charge in [0.25, 0.3) is 11.4 Å². The average Bonchev–Trinajstić information content (AvgIpc) is 3.16. The lowest BCUT2D eigenvalue weighted by Crippen LogP contribution is -2.32. The highest BCUT2D eigenvalue weighted by Gasteiger charge is 2.39. The number of nitro groups is 2. The molecule has 262 valence electrons. The van der Waals surface area contributed by atoms with Crippen molar-refractivity contribution in [1.82, 2.24) is 0 Å². The third-order valence-corrected chi connectivity index (χ3v) is 10.2. The summed E-state index contributed by atoms with van der Waals surface area (Å²) in [7, 11) is 0. The van der Waals surface area contributed by atoms with Crippen LogP contribution < -0.4 is 9.47 Å². The van der Waals surface area contributed by atoms with Crippen LogP contribution >= 0.6 is 0 Å². The lowest BCUT2D eigenvalue weighted by Gasteiger charge is -2.41. The van der Waals surface area contributed by atoms with E-state index in [0.29, 0.717) is 28.9 Å². The molecule has 0 bridgehead atoms. The summed E-state index contributed by atoms with van der Waals surface area (Å²) in [6.07, 6.45) is 11.7. The molecular weight excluding hydrogens is 640 g/mol. The van der Waals surface area contributed by atoms with Crippen LogP contribution in [0.4, 0.5) is 11.4 Å². The van der Waals surface area contributed by atoms with Gasteiger partial charge in [0, 0.05) is 29.7 Å². The first-order valence-corrected chi connectivity index (χ1v) is 18.0. The lowest BCUT2D eigenvalue weighted by atomic mass is 9.62. The van der Waals surface area contributed by atoms with Crippen LogP contribution in [0.3, 0.4) is 0 Å². The normalized spacial score (nSPS) is 14.1. The van der Waals surface area contributed by atoms with Gasteiger partial charge in [-0.3, -0.25) is 20.2 Å². The van der Waals surface area contributed by atoms with Gasteiger partial charge in [0.05, 0.1) is 9.85 Å². The van der Waals surface area contributed by atoms with Crippen LogP contribution in [0.5, 0.6) is 23.0 Å². The van der Waals surface area contributed by atoms with Gasteiger partial charge in [0.1, 0.15) is 23.0 Å². The minimum absolute atomic E-state index is 0.0214. The first kappa shape index (κ1) is 35.3. The SMILES string of the molecule is CCCCCCCc1ccc(C2CCC(c3ccc(Oc4ccc([N+](=O)[O-])cc4)cc3)(c3ccc(Oc4ccc([N+](=O)[O-])cc4)cc3)CC2)cc1. The molecule has 5 aromatic carbocycles. The van der Waals surface area contributed by atoms with Crippen LogP contribution in [-0.2, 0) is 11.8 Å². The Balaban J connectivity index is 1.19. The van der Waals surface area contributed by atoms with Crippen LogP contribution in [0.15, 0.2) is 121 Å². The summed E-state index contributed by atoms with van der Waals surface area (Å²) < 4.78 is 12.1. The van der Waals surface area contributed by atoms with Crippen LogP contribution in [0.2, 0.25) is 0 Å². The number of hydrogen-bond donors (Lipinski definition) is 0. The van der Waals surface area contributed by atoms with Gasteiger partial charge < -0.3 is 9.47 Å². The minimum Gasteiger partial charge on any atom is -0.457 e. The van der Waals surface area contributed by atoms with E-state index in [1.807, 2.05) is 24.3 Å². The third-order valence-electron chi connectivity index (χ3n) is 10.2.